The molecular formula is C17H31NO. The smallest absolute Gasteiger partial charge is 0.223 e. The first-order valence-electron chi connectivity index (χ1n) is 8.31. The molecule has 1 amide bonds. The lowest BCUT2D eigenvalue weighted by atomic mass is 9.77. The molecular weight excluding hydrogens is 234 g/mol. The zero-order valence-corrected chi connectivity index (χ0v) is 13.3. The maximum absolute atomic E-state index is 12.5. The molecule has 0 aliphatic heterocycles. The Bertz CT molecular complexity index is 321. The molecule has 2 aliphatic carbocycles. The number of hydrogen-bond acceptors (Lipinski definition) is 1. The van der Waals surface area contributed by atoms with E-state index in [0.29, 0.717) is 29.7 Å². The maximum Gasteiger partial charge on any atom is 0.223 e. The third kappa shape index (κ3) is 2.83. The molecule has 19 heavy (non-hydrogen) atoms. The van der Waals surface area contributed by atoms with E-state index in [1.807, 2.05) is 0 Å². The van der Waals surface area contributed by atoms with Crippen LogP contribution in [0.2, 0.25) is 0 Å². The highest BCUT2D eigenvalue weighted by Gasteiger charge is 2.61. The van der Waals surface area contributed by atoms with Crippen LogP contribution in [0.5, 0.6) is 0 Å². The molecule has 0 aromatic rings. The number of hydrogen-bond donors (Lipinski definition) is 1. The Labute approximate surface area is 118 Å². The van der Waals surface area contributed by atoms with Crippen LogP contribution in [0.3, 0.4) is 0 Å². The summed E-state index contributed by atoms with van der Waals surface area (Å²) in [5.74, 6) is 4.28. The molecule has 2 heteroatoms. The zero-order valence-electron chi connectivity index (χ0n) is 13.3. The average molecular weight is 265 g/mol. The summed E-state index contributed by atoms with van der Waals surface area (Å²) < 4.78 is 0. The van der Waals surface area contributed by atoms with Crippen molar-refractivity contribution in [2.24, 2.45) is 35.5 Å². The SMILES string of the molecule is CCC(CC)NC(=O)[C@@H]1C2[C@H](C(C)C)CCC(C)[C@@H]21. The lowest BCUT2D eigenvalue weighted by molar-refractivity contribution is -0.123. The normalized spacial score (nSPS) is 37.3. The first kappa shape index (κ1) is 14.9. The van der Waals surface area contributed by atoms with Gasteiger partial charge in [-0.2, -0.15) is 0 Å². The standard InChI is InChI=1S/C17H31NO/c1-6-12(7-2)18-17(19)16-14-11(5)8-9-13(10(3)4)15(14)16/h10-16H,6-9H2,1-5H3,(H,18,19)/t11?,13-,14-,15?,16-/m0/s1. The van der Waals surface area contributed by atoms with Gasteiger partial charge in [-0.05, 0) is 48.9 Å². The number of carbonyl (C=O) groups excluding carboxylic acids is 1. The summed E-state index contributed by atoms with van der Waals surface area (Å²) in [5.41, 5.74) is 0. The molecule has 2 nitrogen and oxygen atoms in total. The van der Waals surface area contributed by atoms with Crippen LogP contribution < -0.4 is 5.32 Å². The summed E-state index contributed by atoms with van der Waals surface area (Å²) in [5, 5.41) is 3.28. The van der Waals surface area contributed by atoms with Gasteiger partial charge in [0, 0.05) is 12.0 Å². The van der Waals surface area contributed by atoms with E-state index < -0.39 is 0 Å². The fourth-order valence-electron chi connectivity index (χ4n) is 4.40. The Balaban J connectivity index is 2.00. The van der Waals surface area contributed by atoms with Gasteiger partial charge in [0.1, 0.15) is 0 Å². The average Bonchev–Trinajstić information content (AvgIpc) is 3.11. The van der Waals surface area contributed by atoms with E-state index in [2.05, 4.69) is 39.9 Å². The molecule has 2 unspecified atom stereocenters. The fourth-order valence-corrected chi connectivity index (χ4v) is 4.40. The van der Waals surface area contributed by atoms with Crippen LogP contribution in [0.15, 0.2) is 0 Å². The molecule has 0 radical (unpaired) electrons. The molecule has 0 saturated heterocycles. The molecule has 2 aliphatic rings. The van der Waals surface area contributed by atoms with Crippen molar-refractivity contribution in [3.63, 3.8) is 0 Å². The number of nitrogens with one attached hydrogen (secondary N) is 1. The number of amides is 1. The van der Waals surface area contributed by atoms with Crippen LogP contribution in [0.25, 0.3) is 0 Å². The van der Waals surface area contributed by atoms with Crippen molar-refractivity contribution in [2.75, 3.05) is 0 Å². The Kier molecular flexibility index (Phi) is 4.58. The van der Waals surface area contributed by atoms with E-state index in [-0.39, 0.29) is 0 Å². The second kappa shape index (κ2) is 5.85. The van der Waals surface area contributed by atoms with Crippen LogP contribution in [-0.2, 0) is 4.79 Å². The molecule has 0 spiro atoms. The minimum atomic E-state index is 0.325. The molecule has 0 aromatic carbocycles. The summed E-state index contributed by atoms with van der Waals surface area (Å²) >= 11 is 0. The van der Waals surface area contributed by atoms with Crippen molar-refractivity contribution in [3.8, 4) is 0 Å². The molecule has 2 fully saturated rings. The van der Waals surface area contributed by atoms with Crippen molar-refractivity contribution in [1.29, 1.82) is 0 Å². The van der Waals surface area contributed by atoms with Gasteiger partial charge < -0.3 is 5.32 Å². The topological polar surface area (TPSA) is 29.1 Å². The van der Waals surface area contributed by atoms with Gasteiger partial charge in [0.25, 0.3) is 0 Å². The second-order valence-corrected chi connectivity index (χ2v) is 7.16. The monoisotopic (exact) mass is 265 g/mol. The molecule has 0 heterocycles. The lowest BCUT2D eigenvalue weighted by Crippen LogP contribution is -2.35. The van der Waals surface area contributed by atoms with Gasteiger partial charge >= 0.3 is 0 Å². The predicted octanol–water partition coefficient (Wildman–Crippen LogP) is 3.86. The number of carbonyl (C=O) groups is 1. The zero-order chi connectivity index (χ0) is 14.2. The Morgan fingerprint density at radius 2 is 1.79 bits per heavy atom. The second-order valence-electron chi connectivity index (χ2n) is 7.16. The molecule has 2 rings (SSSR count). The minimum Gasteiger partial charge on any atom is -0.353 e. The summed E-state index contributed by atoms with van der Waals surface area (Å²) in [6, 6.07) is 0.378. The van der Waals surface area contributed by atoms with Crippen LogP contribution in [0.4, 0.5) is 0 Å². The van der Waals surface area contributed by atoms with Crippen molar-refractivity contribution in [1.82, 2.24) is 5.32 Å². The van der Waals surface area contributed by atoms with Gasteiger partial charge in [0.05, 0.1) is 0 Å². The van der Waals surface area contributed by atoms with Crippen LogP contribution in [-0.4, -0.2) is 11.9 Å². The van der Waals surface area contributed by atoms with E-state index in [1.54, 1.807) is 0 Å². The fraction of sp³-hybridized carbons (Fsp3) is 0.941. The highest BCUT2D eigenvalue weighted by atomic mass is 16.2. The quantitative estimate of drug-likeness (QED) is 0.803. The van der Waals surface area contributed by atoms with Crippen LogP contribution in [0.1, 0.15) is 60.3 Å². The molecule has 0 bridgehead atoms. The highest BCUT2D eigenvalue weighted by molar-refractivity contribution is 5.82. The maximum atomic E-state index is 12.5. The van der Waals surface area contributed by atoms with E-state index in [9.17, 15) is 4.79 Å². The Morgan fingerprint density at radius 3 is 2.32 bits per heavy atom. The molecule has 0 aromatic heterocycles. The summed E-state index contributed by atoms with van der Waals surface area (Å²) in [7, 11) is 0. The molecule has 2 saturated carbocycles. The summed E-state index contributed by atoms with van der Waals surface area (Å²) in [6.45, 7) is 11.3. The third-order valence-corrected chi connectivity index (χ3v) is 5.73. The van der Waals surface area contributed by atoms with Gasteiger partial charge in [-0.15, -0.1) is 0 Å². The van der Waals surface area contributed by atoms with Crippen molar-refractivity contribution >= 4 is 5.91 Å². The highest BCUT2D eigenvalue weighted by Crippen LogP contribution is 2.62. The van der Waals surface area contributed by atoms with Gasteiger partial charge in [0.2, 0.25) is 5.91 Å². The molecule has 110 valence electrons. The summed E-state index contributed by atoms with van der Waals surface area (Å²) in [4.78, 5) is 12.5. The van der Waals surface area contributed by atoms with E-state index in [1.165, 1.54) is 12.8 Å². The largest absolute Gasteiger partial charge is 0.353 e. The van der Waals surface area contributed by atoms with Crippen LogP contribution in [0, 0.1) is 35.5 Å². The first-order chi connectivity index (χ1) is 9.01. The molecule has 5 atom stereocenters. The predicted molar refractivity (Wildman–Crippen MR) is 79.7 cm³/mol. The Hall–Kier alpha value is -0.530. The van der Waals surface area contributed by atoms with Crippen molar-refractivity contribution < 1.29 is 4.79 Å². The van der Waals surface area contributed by atoms with E-state index in [0.717, 1.165) is 30.6 Å². The summed E-state index contributed by atoms with van der Waals surface area (Å²) in [6.07, 6.45) is 4.74. The van der Waals surface area contributed by atoms with Gasteiger partial charge in [-0.3, -0.25) is 4.79 Å². The first-order valence-corrected chi connectivity index (χ1v) is 8.31. The Morgan fingerprint density at radius 1 is 1.16 bits per heavy atom. The van der Waals surface area contributed by atoms with Gasteiger partial charge in [-0.25, -0.2) is 0 Å². The van der Waals surface area contributed by atoms with Crippen molar-refractivity contribution in [2.45, 2.75) is 66.3 Å². The number of fused-ring (bicyclic) bond motifs is 1. The van der Waals surface area contributed by atoms with Crippen LogP contribution >= 0.6 is 0 Å². The van der Waals surface area contributed by atoms with Gasteiger partial charge in [0.15, 0.2) is 0 Å². The van der Waals surface area contributed by atoms with Crippen molar-refractivity contribution in [3.05, 3.63) is 0 Å². The lowest BCUT2D eigenvalue weighted by Gasteiger charge is -2.28. The third-order valence-electron chi connectivity index (χ3n) is 5.73. The van der Waals surface area contributed by atoms with Gasteiger partial charge in [-0.1, -0.05) is 41.0 Å². The minimum absolute atomic E-state index is 0.325. The van der Waals surface area contributed by atoms with E-state index >= 15 is 0 Å². The van der Waals surface area contributed by atoms with E-state index in [4.69, 9.17) is 0 Å². The molecule has 1 N–H and O–H groups in total. The number of rotatable bonds is 5.